The van der Waals surface area contributed by atoms with Gasteiger partial charge in [-0.25, -0.2) is 4.98 Å². The molecule has 1 amide bonds. The molecule has 1 saturated heterocycles. The van der Waals surface area contributed by atoms with Crippen LogP contribution in [-0.2, 0) is 6.54 Å². The molecule has 1 fully saturated rings. The highest BCUT2D eigenvalue weighted by molar-refractivity contribution is 5.92. The summed E-state index contributed by atoms with van der Waals surface area (Å²) in [4.78, 5) is 23.7. The Bertz CT molecular complexity index is 596. The second-order valence-electron chi connectivity index (χ2n) is 6.04. The van der Waals surface area contributed by atoms with E-state index in [4.69, 9.17) is 0 Å². The van der Waals surface area contributed by atoms with Crippen LogP contribution in [0, 0.1) is 5.92 Å². The van der Waals surface area contributed by atoms with Crippen molar-refractivity contribution in [1.29, 1.82) is 0 Å². The zero-order valence-electron chi connectivity index (χ0n) is 12.9. The Morgan fingerprint density at radius 3 is 2.82 bits per heavy atom. The van der Waals surface area contributed by atoms with Crippen LogP contribution in [0.15, 0.2) is 42.9 Å². The van der Waals surface area contributed by atoms with Crippen LogP contribution in [0.2, 0.25) is 0 Å². The van der Waals surface area contributed by atoms with E-state index in [2.05, 4.69) is 46.1 Å². The summed E-state index contributed by atoms with van der Waals surface area (Å²) < 4.78 is 0. The van der Waals surface area contributed by atoms with E-state index >= 15 is 0 Å². The topological polar surface area (TPSA) is 52.2 Å². The van der Waals surface area contributed by atoms with Crippen molar-refractivity contribution in [2.75, 3.05) is 26.2 Å². The van der Waals surface area contributed by atoms with E-state index in [1.54, 1.807) is 12.5 Å². The molecule has 5 nitrogen and oxygen atoms in total. The van der Waals surface area contributed by atoms with Crippen LogP contribution in [0.25, 0.3) is 0 Å². The minimum absolute atomic E-state index is 0.0471. The van der Waals surface area contributed by atoms with Crippen molar-refractivity contribution in [3.8, 4) is 0 Å². The molecule has 0 aliphatic carbocycles. The second-order valence-corrected chi connectivity index (χ2v) is 6.04. The fourth-order valence-electron chi connectivity index (χ4n) is 3.03. The summed E-state index contributed by atoms with van der Waals surface area (Å²) in [5.41, 5.74) is 1.90. The minimum atomic E-state index is 0.0471. The Labute approximate surface area is 131 Å². The Kier molecular flexibility index (Phi) is 4.53. The van der Waals surface area contributed by atoms with Gasteiger partial charge in [0.15, 0.2) is 0 Å². The molecule has 22 heavy (non-hydrogen) atoms. The van der Waals surface area contributed by atoms with Gasteiger partial charge < -0.3 is 9.88 Å². The van der Waals surface area contributed by atoms with Gasteiger partial charge in [-0.05, 0) is 11.5 Å². The molecule has 1 aromatic carbocycles. The van der Waals surface area contributed by atoms with Crippen LogP contribution in [0.3, 0.4) is 0 Å². The summed E-state index contributed by atoms with van der Waals surface area (Å²) in [6.45, 7) is 6.62. The lowest BCUT2D eigenvalue weighted by atomic mass is 10.1. The van der Waals surface area contributed by atoms with Crippen molar-refractivity contribution in [2.24, 2.45) is 5.92 Å². The van der Waals surface area contributed by atoms with Gasteiger partial charge in [0.05, 0.1) is 12.5 Å². The lowest BCUT2D eigenvalue weighted by Gasteiger charge is -2.21. The normalized spacial score (nSPS) is 19.9. The number of imidazole rings is 1. The SMILES string of the molecule is CC1CN(Cc2ccccc2)CCN(C(=O)c2cnc[nH]2)C1. The number of hydrogen-bond donors (Lipinski definition) is 1. The van der Waals surface area contributed by atoms with Crippen LogP contribution >= 0.6 is 0 Å². The number of carbonyl (C=O) groups excluding carboxylic acids is 1. The molecule has 1 aliphatic rings. The number of H-pyrrole nitrogens is 1. The number of hydrogen-bond acceptors (Lipinski definition) is 3. The molecular weight excluding hydrogens is 276 g/mol. The monoisotopic (exact) mass is 298 g/mol. The van der Waals surface area contributed by atoms with Gasteiger partial charge in [0.25, 0.3) is 5.91 Å². The van der Waals surface area contributed by atoms with Crippen molar-refractivity contribution < 1.29 is 4.79 Å². The first kappa shape index (κ1) is 14.8. The number of amides is 1. The van der Waals surface area contributed by atoms with E-state index < -0.39 is 0 Å². The largest absolute Gasteiger partial charge is 0.341 e. The Hall–Kier alpha value is -2.14. The molecule has 0 bridgehead atoms. The van der Waals surface area contributed by atoms with Crippen molar-refractivity contribution in [3.05, 3.63) is 54.1 Å². The Morgan fingerprint density at radius 1 is 1.27 bits per heavy atom. The molecule has 1 aromatic heterocycles. The van der Waals surface area contributed by atoms with Gasteiger partial charge in [-0.2, -0.15) is 0 Å². The molecule has 5 heteroatoms. The van der Waals surface area contributed by atoms with Crippen molar-refractivity contribution in [3.63, 3.8) is 0 Å². The van der Waals surface area contributed by atoms with Crippen LogP contribution < -0.4 is 0 Å². The fourth-order valence-corrected chi connectivity index (χ4v) is 3.03. The highest BCUT2D eigenvalue weighted by Crippen LogP contribution is 2.14. The third-order valence-electron chi connectivity index (χ3n) is 4.05. The van der Waals surface area contributed by atoms with Gasteiger partial charge in [0.1, 0.15) is 5.69 Å². The first-order valence-corrected chi connectivity index (χ1v) is 7.76. The number of aromatic amines is 1. The van der Waals surface area contributed by atoms with Gasteiger partial charge in [-0.15, -0.1) is 0 Å². The third kappa shape index (κ3) is 3.54. The fraction of sp³-hybridized carbons (Fsp3) is 0.412. The van der Waals surface area contributed by atoms with Gasteiger partial charge in [0, 0.05) is 32.7 Å². The maximum absolute atomic E-state index is 12.5. The molecule has 3 rings (SSSR count). The average Bonchev–Trinajstić information content (AvgIpc) is 2.99. The van der Waals surface area contributed by atoms with Gasteiger partial charge in [-0.1, -0.05) is 37.3 Å². The molecule has 0 radical (unpaired) electrons. The lowest BCUT2D eigenvalue weighted by molar-refractivity contribution is 0.0743. The maximum atomic E-state index is 12.5. The average molecular weight is 298 g/mol. The van der Waals surface area contributed by atoms with Crippen LogP contribution in [0.4, 0.5) is 0 Å². The van der Waals surface area contributed by atoms with E-state index in [9.17, 15) is 4.79 Å². The highest BCUT2D eigenvalue weighted by atomic mass is 16.2. The van der Waals surface area contributed by atoms with Crippen molar-refractivity contribution in [1.82, 2.24) is 19.8 Å². The maximum Gasteiger partial charge on any atom is 0.271 e. The number of carbonyl (C=O) groups is 1. The smallest absolute Gasteiger partial charge is 0.271 e. The zero-order chi connectivity index (χ0) is 15.4. The number of aromatic nitrogens is 2. The number of rotatable bonds is 3. The standard InChI is InChI=1S/C17H22N4O/c1-14-10-20(12-15-5-3-2-4-6-15)7-8-21(11-14)17(22)16-9-18-13-19-16/h2-6,9,13-14H,7-8,10-12H2,1H3,(H,18,19). The zero-order valence-corrected chi connectivity index (χ0v) is 12.9. The molecule has 0 spiro atoms. The van der Waals surface area contributed by atoms with E-state index in [0.717, 1.165) is 32.7 Å². The van der Waals surface area contributed by atoms with Crippen LogP contribution in [-0.4, -0.2) is 51.9 Å². The number of nitrogens with one attached hydrogen (secondary N) is 1. The molecule has 1 unspecified atom stereocenters. The Balaban J connectivity index is 1.64. The summed E-state index contributed by atoms with van der Waals surface area (Å²) >= 11 is 0. The van der Waals surface area contributed by atoms with Crippen LogP contribution in [0.1, 0.15) is 23.0 Å². The van der Waals surface area contributed by atoms with Crippen molar-refractivity contribution in [2.45, 2.75) is 13.5 Å². The molecule has 1 N–H and O–H groups in total. The quantitative estimate of drug-likeness (QED) is 0.943. The van der Waals surface area contributed by atoms with Gasteiger partial charge >= 0.3 is 0 Å². The third-order valence-corrected chi connectivity index (χ3v) is 4.05. The molecule has 2 heterocycles. The first-order valence-electron chi connectivity index (χ1n) is 7.76. The van der Waals surface area contributed by atoms with Gasteiger partial charge in [-0.3, -0.25) is 9.69 Å². The van der Waals surface area contributed by atoms with E-state index in [-0.39, 0.29) is 5.91 Å². The lowest BCUT2D eigenvalue weighted by Crippen LogP contribution is -2.36. The van der Waals surface area contributed by atoms with Gasteiger partial charge in [0.2, 0.25) is 0 Å². The predicted molar refractivity (Wildman–Crippen MR) is 85.4 cm³/mol. The molecule has 1 aliphatic heterocycles. The molecular formula is C17H22N4O. The summed E-state index contributed by atoms with van der Waals surface area (Å²) in [5.74, 6) is 0.504. The van der Waals surface area contributed by atoms with Crippen molar-refractivity contribution >= 4 is 5.91 Å². The summed E-state index contributed by atoms with van der Waals surface area (Å²) in [7, 11) is 0. The van der Waals surface area contributed by atoms with Crippen LogP contribution in [0.5, 0.6) is 0 Å². The number of benzene rings is 1. The van der Waals surface area contributed by atoms with E-state index in [0.29, 0.717) is 11.6 Å². The first-order chi connectivity index (χ1) is 10.7. The highest BCUT2D eigenvalue weighted by Gasteiger charge is 2.24. The van der Waals surface area contributed by atoms with E-state index in [1.807, 2.05) is 11.0 Å². The molecule has 1 atom stereocenters. The molecule has 116 valence electrons. The minimum Gasteiger partial charge on any atom is -0.341 e. The summed E-state index contributed by atoms with van der Waals surface area (Å²) in [6.07, 6.45) is 3.15. The Morgan fingerprint density at radius 2 is 2.09 bits per heavy atom. The summed E-state index contributed by atoms with van der Waals surface area (Å²) in [5, 5.41) is 0. The second kappa shape index (κ2) is 6.75. The molecule has 2 aromatic rings. The van der Waals surface area contributed by atoms with E-state index in [1.165, 1.54) is 5.56 Å². The summed E-state index contributed by atoms with van der Waals surface area (Å²) in [6, 6.07) is 10.5. The number of nitrogens with zero attached hydrogens (tertiary/aromatic N) is 3. The molecule has 0 saturated carbocycles. The predicted octanol–water partition coefficient (Wildman–Crippen LogP) is 2.00.